The predicted molar refractivity (Wildman–Crippen MR) is 75.6 cm³/mol. The molecule has 4 heteroatoms. The summed E-state index contributed by atoms with van der Waals surface area (Å²) in [5.74, 6) is 1.07. The minimum Gasteiger partial charge on any atom is -0.354 e. The Morgan fingerprint density at radius 2 is 2.06 bits per heavy atom. The molecular formula is C13H21N3S. The first-order chi connectivity index (χ1) is 8.06. The Kier molecular flexibility index (Phi) is 3.94. The van der Waals surface area contributed by atoms with Gasteiger partial charge < -0.3 is 10.6 Å². The maximum Gasteiger partial charge on any atom is 0.128 e. The molecule has 1 aromatic heterocycles. The number of nitrogens with two attached hydrogens (primary N) is 1. The van der Waals surface area contributed by atoms with Gasteiger partial charge >= 0.3 is 0 Å². The maximum atomic E-state index is 5.92. The van der Waals surface area contributed by atoms with Gasteiger partial charge in [-0.25, -0.2) is 4.98 Å². The lowest BCUT2D eigenvalue weighted by Crippen LogP contribution is -2.40. The Labute approximate surface area is 108 Å². The van der Waals surface area contributed by atoms with E-state index in [4.69, 9.17) is 5.73 Å². The number of anilines is 1. The molecular weight excluding hydrogens is 230 g/mol. The van der Waals surface area contributed by atoms with Gasteiger partial charge in [0.05, 0.1) is 0 Å². The largest absolute Gasteiger partial charge is 0.354 e. The van der Waals surface area contributed by atoms with Gasteiger partial charge in [-0.3, -0.25) is 0 Å². The normalized spacial score (nSPS) is 26.9. The lowest BCUT2D eigenvalue weighted by molar-refractivity contribution is 0.715. The lowest BCUT2D eigenvalue weighted by atomic mass is 10.1. The fraction of sp³-hybridized carbons (Fsp3) is 0.615. The molecule has 2 heterocycles. The Balaban J connectivity index is 2.18. The highest BCUT2D eigenvalue weighted by Gasteiger charge is 2.23. The van der Waals surface area contributed by atoms with E-state index in [1.165, 1.54) is 0 Å². The summed E-state index contributed by atoms with van der Waals surface area (Å²) in [5, 5.41) is 1.33. The summed E-state index contributed by atoms with van der Waals surface area (Å²) in [6, 6.07) is 4.20. The maximum absolute atomic E-state index is 5.92. The van der Waals surface area contributed by atoms with Crippen LogP contribution in [0.2, 0.25) is 0 Å². The molecule has 1 saturated heterocycles. The Hall–Kier alpha value is -0.740. The summed E-state index contributed by atoms with van der Waals surface area (Å²) in [7, 11) is 0. The molecule has 1 aliphatic heterocycles. The van der Waals surface area contributed by atoms with Crippen LogP contribution in [0.25, 0.3) is 0 Å². The molecule has 3 atom stereocenters. The monoisotopic (exact) mass is 251 g/mol. The molecule has 2 unspecified atom stereocenters. The van der Waals surface area contributed by atoms with Crippen molar-refractivity contribution >= 4 is 17.6 Å². The van der Waals surface area contributed by atoms with Gasteiger partial charge in [-0.2, -0.15) is 11.8 Å². The van der Waals surface area contributed by atoms with Crippen LogP contribution in [-0.4, -0.2) is 28.6 Å². The van der Waals surface area contributed by atoms with Crippen molar-refractivity contribution in [2.45, 2.75) is 37.3 Å². The van der Waals surface area contributed by atoms with Crippen molar-refractivity contribution in [3.63, 3.8) is 0 Å². The second kappa shape index (κ2) is 5.27. The highest BCUT2D eigenvalue weighted by Crippen LogP contribution is 2.28. The third kappa shape index (κ3) is 3.13. The number of pyridine rings is 1. The predicted octanol–water partition coefficient (Wildman–Crippen LogP) is 2.43. The fourth-order valence-electron chi connectivity index (χ4n) is 2.26. The van der Waals surface area contributed by atoms with E-state index in [9.17, 15) is 0 Å². The first-order valence-electron chi connectivity index (χ1n) is 6.18. The van der Waals surface area contributed by atoms with E-state index < -0.39 is 0 Å². The van der Waals surface area contributed by atoms with Crippen LogP contribution in [0.3, 0.4) is 0 Å². The molecule has 0 amide bonds. The lowest BCUT2D eigenvalue weighted by Gasteiger charge is -2.35. The molecule has 0 aromatic carbocycles. The van der Waals surface area contributed by atoms with Crippen molar-refractivity contribution in [1.82, 2.24) is 4.98 Å². The molecule has 2 N–H and O–H groups in total. The van der Waals surface area contributed by atoms with Crippen LogP contribution in [0, 0.1) is 0 Å². The average Bonchev–Trinajstić information content (AvgIpc) is 2.28. The third-order valence-electron chi connectivity index (χ3n) is 3.04. The summed E-state index contributed by atoms with van der Waals surface area (Å²) in [6.45, 7) is 8.72. The summed E-state index contributed by atoms with van der Waals surface area (Å²) < 4.78 is 0. The topological polar surface area (TPSA) is 42.1 Å². The molecule has 0 saturated carbocycles. The molecule has 3 nitrogen and oxygen atoms in total. The van der Waals surface area contributed by atoms with Gasteiger partial charge in [0.2, 0.25) is 0 Å². The summed E-state index contributed by atoms with van der Waals surface area (Å²) >= 11 is 2.06. The van der Waals surface area contributed by atoms with E-state index in [-0.39, 0.29) is 6.04 Å². The van der Waals surface area contributed by atoms with Crippen LogP contribution in [0.4, 0.5) is 5.82 Å². The van der Waals surface area contributed by atoms with Crippen molar-refractivity contribution < 1.29 is 0 Å². The highest BCUT2D eigenvalue weighted by molar-refractivity contribution is 8.00. The molecule has 2 rings (SSSR count). The zero-order valence-electron chi connectivity index (χ0n) is 10.8. The molecule has 1 aromatic rings. The number of aromatic nitrogens is 1. The number of nitrogens with zero attached hydrogens (tertiary/aromatic N) is 2. The summed E-state index contributed by atoms with van der Waals surface area (Å²) in [4.78, 5) is 6.85. The van der Waals surface area contributed by atoms with Gasteiger partial charge in [-0.1, -0.05) is 13.8 Å². The van der Waals surface area contributed by atoms with E-state index >= 15 is 0 Å². The molecule has 0 spiro atoms. The number of thioether (sulfide) groups is 1. The molecule has 94 valence electrons. The first kappa shape index (κ1) is 12.7. The van der Waals surface area contributed by atoms with Gasteiger partial charge in [-0.05, 0) is 24.6 Å². The second-order valence-corrected chi connectivity index (χ2v) is 6.78. The van der Waals surface area contributed by atoms with Crippen molar-refractivity contribution in [1.29, 1.82) is 0 Å². The molecule has 17 heavy (non-hydrogen) atoms. The van der Waals surface area contributed by atoms with E-state index in [0.29, 0.717) is 10.5 Å². The molecule has 1 aliphatic rings. The van der Waals surface area contributed by atoms with E-state index in [2.05, 4.69) is 41.6 Å². The summed E-state index contributed by atoms with van der Waals surface area (Å²) in [5.41, 5.74) is 7.08. The van der Waals surface area contributed by atoms with Crippen molar-refractivity contribution in [2.75, 3.05) is 18.0 Å². The van der Waals surface area contributed by atoms with E-state index in [0.717, 1.165) is 24.5 Å². The third-order valence-corrected chi connectivity index (χ3v) is 4.27. The average molecular weight is 251 g/mol. The van der Waals surface area contributed by atoms with Gasteiger partial charge in [0.1, 0.15) is 5.82 Å². The summed E-state index contributed by atoms with van der Waals surface area (Å²) in [6.07, 6.45) is 1.87. The Morgan fingerprint density at radius 3 is 2.65 bits per heavy atom. The first-order valence-corrected chi connectivity index (χ1v) is 7.12. The molecule has 0 radical (unpaired) electrons. The van der Waals surface area contributed by atoms with Crippen molar-refractivity contribution in [3.05, 3.63) is 23.9 Å². The quantitative estimate of drug-likeness (QED) is 0.876. The fourth-order valence-corrected chi connectivity index (χ4v) is 3.58. The minimum absolute atomic E-state index is 0.0748. The van der Waals surface area contributed by atoms with Gasteiger partial charge in [-0.15, -0.1) is 0 Å². The van der Waals surface area contributed by atoms with Crippen LogP contribution in [0.15, 0.2) is 18.3 Å². The van der Waals surface area contributed by atoms with Crippen LogP contribution in [-0.2, 0) is 0 Å². The van der Waals surface area contributed by atoms with Crippen LogP contribution < -0.4 is 10.6 Å². The Bertz CT molecular complexity index is 371. The number of hydrogen-bond donors (Lipinski definition) is 1. The smallest absolute Gasteiger partial charge is 0.128 e. The van der Waals surface area contributed by atoms with Crippen LogP contribution in [0.1, 0.15) is 32.4 Å². The van der Waals surface area contributed by atoms with Crippen molar-refractivity contribution in [3.8, 4) is 0 Å². The van der Waals surface area contributed by atoms with Gasteiger partial charge in [0.25, 0.3) is 0 Å². The zero-order chi connectivity index (χ0) is 12.4. The molecule has 1 fully saturated rings. The van der Waals surface area contributed by atoms with E-state index in [1.807, 2.05) is 19.2 Å². The minimum atomic E-state index is 0.0748. The van der Waals surface area contributed by atoms with Gasteiger partial charge in [0, 0.05) is 35.8 Å². The SMILES string of the molecule is CC1CN(c2cc([C@@H](C)N)ccn2)CC(C)S1. The van der Waals surface area contributed by atoms with Crippen LogP contribution >= 0.6 is 11.8 Å². The van der Waals surface area contributed by atoms with Crippen molar-refractivity contribution in [2.24, 2.45) is 5.73 Å². The zero-order valence-corrected chi connectivity index (χ0v) is 11.6. The Morgan fingerprint density at radius 1 is 1.41 bits per heavy atom. The standard InChI is InChI=1S/C13H21N3S/c1-9-7-16(8-10(2)17-9)13-6-12(11(3)14)4-5-15-13/h4-6,9-11H,7-8,14H2,1-3H3/t9?,10?,11-/m1/s1. The second-order valence-electron chi connectivity index (χ2n) is 4.90. The van der Waals surface area contributed by atoms with E-state index in [1.54, 1.807) is 0 Å². The number of rotatable bonds is 2. The number of hydrogen-bond acceptors (Lipinski definition) is 4. The highest BCUT2D eigenvalue weighted by atomic mass is 32.2. The van der Waals surface area contributed by atoms with Gasteiger partial charge in [0.15, 0.2) is 0 Å². The molecule has 0 bridgehead atoms. The van der Waals surface area contributed by atoms with Crippen LogP contribution in [0.5, 0.6) is 0 Å². The molecule has 0 aliphatic carbocycles.